The van der Waals surface area contributed by atoms with Gasteiger partial charge in [0.25, 0.3) is 5.91 Å². The zero-order valence-corrected chi connectivity index (χ0v) is 16.6. The van der Waals surface area contributed by atoms with Crippen molar-refractivity contribution in [3.8, 4) is 5.75 Å². The van der Waals surface area contributed by atoms with Crippen LogP contribution in [0, 0.1) is 12.8 Å². The molecule has 2 aromatic rings. The van der Waals surface area contributed by atoms with E-state index in [1.165, 1.54) is 11.8 Å². The molecule has 1 N–H and O–H groups in total. The van der Waals surface area contributed by atoms with Crippen LogP contribution in [0.15, 0.2) is 41.0 Å². The first-order valence-corrected chi connectivity index (χ1v) is 9.80. The maximum atomic E-state index is 12.4. The summed E-state index contributed by atoms with van der Waals surface area (Å²) in [6, 6.07) is 9.83. The van der Waals surface area contributed by atoms with Gasteiger partial charge in [0.05, 0.1) is 25.5 Å². The van der Waals surface area contributed by atoms with Crippen molar-refractivity contribution in [1.29, 1.82) is 0 Å². The van der Waals surface area contributed by atoms with Gasteiger partial charge in [0.1, 0.15) is 11.5 Å². The standard InChI is InChI=1S/C22H28N2O4/c1-16-20(11-14-28-16)22(26)23-15-21(25)24-12-9-18(10-13-24)4-3-17-5-7-19(27-2)8-6-17/h5-8,11,14,18H,3-4,9-10,12-13,15H2,1-2H3,(H,23,26). The number of furan rings is 1. The average Bonchev–Trinajstić information content (AvgIpc) is 3.17. The second kappa shape index (κ2) is 9.44. The number of amides is 2. The second-order valence-electron chi connectivity index (χ2n) is 7.28. The van der Waals surface area contributed by atoms with Crippen LogP contribution in [-0.4, -0.2) is 43.5 Å². The largest absolute Gasteiger partial charge is 0.497 e. The van der Waals surface area contributed by atoms with Crippen LogP contribution in [0.3, 0.4) is 0 Å². The monoisotopic (exact) mass is 384 g/mol. The van der Waals surface area contributed by atoms with Gasteiger partial charge in [0.2, 0.25) is 5.91 Å². The smallest absolute Gasteiger partial charge is 0.255 e. The van der Waals surface area contributed by atoms with Gasteiger partial charge < -0.3 is 19.4 Å². The Balaban J connectivity index is 1.37. The molecular weight excluding hydrogens is 356 g/mol. The Morgan fingerprint density at radius 3 is 2.50 bits per heavy atom. The molecule has 0 radical (unpaired) electrons. The van der Waals surface area contributed by atoms with Crippen molar-refractivity contribution in [2.45, 2.75) is 32.6 Å². The van der Waals surface area contributed by atoms with Gasteiger partial charge in [-0.1, -0.05) is 12.1 Å². The summed E-state index contributed by atoms with van der Waals surface area (Å²) in [4.78, 5) is 26.3. The van der Waals surface area contributed by atoms with Crippen LogP contribution >= 0.6 is 0 Å². The Bertz CT molecular complexity index is 789. The summed E-state index contributed by atoms with van der Waals surface area (Å²) in [7, 11) is 1.67. The first-order chi connectivity index (χ1) is 13.6. The number of carbonyl (C=O) groups is 2. The minimum atomic E-state index is -0.269. The average molecular weight is 384 g/mol. The molecule has 0 spiro atoms. The predicted octanol–water partition coefficient (Wildman–Crippen LogP) is 3.20. The number of hydrogen-bond acceptors (Lipinski definition) is 4. The van der Waals surface area contributed by atoms with Crippen molar-refractivity contribution >= 4 is 11.8 Å². The summed E-state index contributed by atoms with van der Waals surface area (Å²) in [6.07, 6.45) is 5.67. The van der Waals surface area contributed by atoms with E-state index in [1.807, 2.05) is 17.0 Å². The fraction of sp³-hybridized carbons (Fsp3) is 0.455. The molecule has 6 nitrogen and oxygen atoms in total. The normalized spacial score (nSPS) is 14.7. The molecular formula is C22H28N2O4. The molecule has 1 fully saturated rings. The molecule has 0 atom stereocenters. The molecule has 1 aliphatic heterocycles. The molecule has 1 aromatic heterocycles. The maximum absolute atomic E-state index is 12.4. The van der Waals surface area contributed by atoms with Gasteiger partial charge in [-0.25, -0.2) is 0 Å². The first kappa shape index (κ1) is 20.0. The molecule has 1 aromatic carbocycles. The molecule has 3 rings (SSSR count). The van der Waals surface area contributed by atoms with Crippen LogP contribution < -0.4 is 10.1 Å². The van der Waals surface area contributed by atoms with Crippen molar-refractivity contribution in [1.82, 2.24) is 10.2 Å². The number of rotatable bonds is 7. The maximum Gasteiger partial charge on any atom is 0.255 e. The third-order valence-electron chi connectivity index (χ3n) is 5.47. The lowest BCUT2D eigenvalue weighted by Crippen LogP contribution is -2.44. The summed E-state index contributed by atoms with van der Waals surface area (Å²) in [6.45, 7) is 3.27. The minimum absolute atomic E-state index is 0.0249. The third-order valence-corrected chi connectivity index (χ3v) is 5.47. The molecule has 0 aliphatic carbocycles. The highest BCUT2D eigenvalue weighted by Crippen LogP contribution is 2.23. The molecule has 150 valence electrons. The summed E-state index contributed by atoms with van der Waals surface area (Å²) in [5.74, 6) is 1.78. The lowest BCUT2D eigenvalue weighted by Gasteiger charge is -2.32. The van der Waals surface area contributed by atoms with Crippen molar-refractivity contribution in [3.63, 3.8) is 0 Å². The summed E-state index contributed by atoms with van der Waals surface area (Å²) in [5.41, 5.74) is 1.79. The van der Waals surface area contributed by atoms with Gasteiger partial charge in [-0.3, -0.25) is 9.59 Å². The van der Waals surface area contributed by atoms with Crippen molar-refractivity contribution in [3.05, 3.63) is 53.5 Å². The van der Waals surface area contributed by atoms with Gasteiger partial charge in [0.15, 0.2) is 0 Å². The summed E-state index contributed by atoms with van der Waals surface area (Å²) < 4.78 is 10.3. The molecule has 6 heteroatoms. The lowest BCUT2D eigenvalue weighted by molar-refractivity contribution is -0.131. The number of benzene rings is 1. The van der Waals surface area contributed by atoms with Crippen LogP contribution in [-0.2, 0) is 11.2 Å². The Labute approximate surface area is 165 Å². The Hall–Kier alpha value is -2.76. The van der Waals surface area contributed by atoms with E-state index >= 15 is 0 Å². The zero-order chi connectivity index (χ0) is 19.9. The van der Waals surface area contributed by atoms with E-state index in [4.69, 9.17) is 9.15 Å². The number of ether oxygens (including phenoxy) is 1. The Morgan fingerprint density at radius 1 is 1.18 bits per heavy atom. The van der Waals surface area contributed by atoms with E-state index in [9.17, 15) is 9.59 Å². The molecule has 0 unspecified atom stereocenters. The van der Waals surface area contributed by atoms with E-state index in [2.05, 4.69) is 17.4 Å². The first-order valence-electron chi connectivity index (χ1n) is 9.80. The van der Waals surface area contributed by atoms with Crippen LogP contribution in [0.4, 0.5) is 0 Å². The van der Waals surface area contributed by atoms with Gasteiger partial charge in [-0.2, -0.15) is 0 Å². The van der Waals surface area contributed by atoms with E-state index in [0.717, 1.165) is 44.5 Å². The number of carbonyl (C=O) groups excluding carboxylic acids is 2. The zero-order valence-electron chi connectivity index (χ0n) is 16.6. The molecule has 28 heavy (non-hydrogen) atoms. The van der Waals surface area contributed by atoms with E-state index in [0.29, 0.717) is 17.2 Å². The predicted molar refractivity (Wildman–Crippen MR) is 106 cm³/mol. The van der Waals surface area contributed by atoms with Crippen molar-refractivity contribution in [2.75, 3.05) is 26.7 Å². The molecule has 1 saturated heterocycles. The number of likely N-dealkylation sites (tertiary alicyclic amines) is 1. The fourth-order valence-electron chi connectivity index (χ4n) is 3.62. The summed E-state index contributed by atoms with van der Waals surface area (Å²) >= 11 is 0. The molecule has 0 bridgehead atoms. The second-order valence-corrected chi connectivity index (χ2v) is 7.28. The number of piperidine rings is 1. The third kappa shape index (κ3) is 5.15. The van der Waals surface area contributed by atoms with Gasteiger partial charge in [0, 0.05) is 13.1 Å². The van der Waals surface area contributed by atoms with Gasteiger partial charge in [-0.15, -0.1) is 0 Å². The van der Waals surface area contributed by atoms with Crippen LogP contribution in [0.2, 0.25) is 0 Å². The van der Waals surface area contributed by atoms with Crippen molar-refractivity contribution in [2.24, 2.45) is 5.92 Å². The Morgan fingerprint density at radius 2 is 1.89 bits per heavy atom. The van der Waals surface area contributed by atoms with Gasteiger partial charge in [-0.05, 0) is 62.3 Å². The van der Waals surface area contributed by atoms with Crippen LogP contribution in [0.1, 0.15) is 40.9 Å². The molecule has 1 aliphatic rings. The lowest BCUT2D eigenvalue weighted by atomic mass is 9.90. The highest BCUT2D eigenvalue weighted by molar-refractivity contribution is 5.97. The fourth-order valence-corrected chi connectivity index (χ4v) is 3.62. The summed E-state index contributed by atoms with van der Waals surface area (Å²) in [5, 5.41) is 2.69. The quantitative estimate of drug-likeness (QED) is 0.796. The van der Waals surface area contributed by atoms with E-state index in [-0.39, 0.29) is 18.4 Å². The van der Waals surface area contributed by atoms with Gasteiger partial charge >= 0.3 is 0 Å². The molecule has 2 heterocycles. The van der Waals surface area contributed by atoms with Crippen molar-refractivity contribution < 1.29 is 18.7 Å². The highest BCUT2D eigenvalue weighted by atomic mass is 16.5. The van der Waals surface area contributed by atoms with E-state index in [1.54, 1.807) is 20.1 Å². The van der Waals surface area contributed by atoms with E-state index < -0.39 is 0 Å². The number of methoxy groups -OCH3 is 1. The Kier molecular flexibility index (Phi) is 6.74. The number of nitrogens with one attached hydrogen (secondary N) is 1. The SMILES string of the molecule is COc1ccc(CCC2CCN(C(=O)CNC(=O)c3ccoc3C)CC2)cc1. The number of hydrogen-bond donors (Lipinski definition) is 1. The molecule has 2 amide bonds. The minimum Gasteiger partial charge on any atom is -0.497 e. The topological polar surface area (TPSA) is 71.8 Å². The van der Waals surface area contributed by atoms with Crippen LogP contribution in [0.25, 0.3) is 0 Å². The molecule has 0 saturated carbocycles. The van der Waals surface area contributed by atoms with Crippen LogP contribution in [0.5, 0.6) is 5.75 Å². The number of nitrogens with zero attached hydrogens (tertiary/aromatic N) is 1. The highest BCUT2D eigenvalue weighted by Gasteiger charge is 2.23. The number of aryl methyl sites for hydroxylation is 2.